The van der Waals surface area contributed by atoms with E-state index in [1.165, 1.54) is 0 Å². The van der Waals surface area contributed by atoms with Gasteiger partial charge in [-0.3, -0.25) is 4.79 Å². The maximum atomic E-state index is 11.8. The Morgan fingerprint density at radius 2 is 2.19 bits per heavy atom. The molecule has 0 bridgehead atoms. The zero-order valence-corrected chi connectivity index (χ0v) is 12.0. The van der Waals surface area contributed by atoms with Crippen LogP contribution in [-0.4, -0.2) is 35.0 Å². The number of rotatable bonds is 3. The molecule has 2 aromatic rings. The number of carbonyl (C=O) groups excluding carboxylic acids is 1. The number of amides is 1. The summed E-state index contributed by atoms with van der Waals surface area (Å²) in [4.78, 5) is 18.1. The predicted molar refractivity (Wildman–Crippen MR) is 82.2 cm³/mol. The van der Waals surface area contributed by atoms with Crippen LogP contribution in [0.4, 0.5) is 0 Å². The van der Waals surface area contributed by atoms with E-state index in [4.69, 9.17) is 4.74 Å². The van der Waals surface area contributed by atoms with E-state index in [0.717, 1.165) is 23.9 Å². The van der Waals surface area contributed by atoms with Crippen LogP contribution in [0.3, 0.4) is 0 Å². The lowest BCUT2D eigenvalue weighted by Crippen LogP contribution is -2.29. The topological polar surface area (TPSA) is 42.4 Å². The highest BCUT2D eigenvalue weighted by molar-refractivity contribution is 5.87. The fraction of sp³-hybridized carbons (Fsp3) is 0.294. The Balaban J connectivity index is 1.67. The fourth-order valence-corrected chi connectivity index (χ4v) is 2.56. The number of aromatic nitrogens is 1. The summed E-state index contributed by atoms with van der Waals surface area (Å²) in [7, 11) is 0. The zero-order chi connectivity index (χ0) is 14.7. The standard InChI is InChI=1S/C17H18N2O2/c1-2-5-17(20)19-11-10-14(12-19)21-16-9-8-13-6-3-4-7-15(13)18-16/h2-9,14H,10-12H2,1H3/b5-2+/t14-/m0/s1. The molecule has 21 heavy (non-hydrogen) atoms. The first-order chi connectivity index (χ1) is 10.3. The molecular weight excluding hydrogens is 264 g/mol. The van der Waals surface area contributed by atoms with Gasteiger partial charge in [0, 0.05) is 24.4 Å². The largest absolute Gasteiger partial charge is 0.472 e. The quantitative estimate of drug-likeness (QED) is 0.813. The first-order valence-electron chi connectivity index (χ1n) is 7.20. The summed E-state index contributed by atoms with van der Waals surface area (Å²) < 4.78 is 5.91. The van der Waals surface area contributed by atoms with Crippen molar-refractivity contribution in [3.05, 3.63) is 48.6 Å². The predicted octanol–water partition coefficient (Wildman–Crippen LogP) is 2.79. The summed E-state index contributed by atoms with van der Waals surface area (Å²) in [6, 6.07) is 11.9. The van der Waals surface area contributed by atoms with Crippen molar-refractivity contribution in [1.82, 2.24) is 9.88 Å². The van der Waals surface area contributed by atoms with Crippen molar-refractivity contribution in [3.8, 4) is 5.88 Å². The van der Waals surface area contributed by atoms with Crippen molar-refractivity contribution in [1.29, 1.82) is 0 Å². The molecule has 1 atom stereocenters. The van der Waals surface area contributed by atoms with E-state index in [0.29, 0.717) is 12.4 Å². The van der Waals surface area contributed by atoms with Gasteiger partial charge in [0.15, 0.2) is 0 Å². The van der Waals surface area contributed by atoms with E-state index in [1.807, 2.05) is 48.2 Å². The molecule has 0 N–H and O–H groups in total. The fourth-order valence-electron chi connectivity index (χ4n) is 2.56. The highest BCUT2D eigenvalue weighted by Crippen LogP contribution is 2.20. The van der Waals surface area contributed by atoms with Crippen molar-refractivity contribution in [2.45, 2.75) is 19.4 Å². The molecule has 0 saturated carbocycles. The molecule has 2 heterocycles. The molecule has 0 aliphatic carbocycles. The second-order valence-corrected chi connectivity index (χ2v) is 5.15. The Kier molecular flexibility index (Phi) is 3.86. The van der Waals surface area contributed by atoms with E-state index in [1.54, 1.807) is 12.2 Å². The maximum absolute atomic E-state index is 11.8. The van der Waals surface area contributed by atoms with Crippen LogP contribution in [0.15, 0.2) is 48.6 Å². The van der Waals surface area contributed by atoms with Crippen LogP contribution in [-0.2, 0) is 4.79 Å². The van der Waals surface area contributed by atoms with Gasteiger partial charge < -0.3 is 9.64 Å². The van der Waals surface area contributed by atoms with Gasteiger partial charge in [-0.25, -0.2) is 4.98 Å². The Morgan fingerprint density at radius 1 is 1.33 bits per heavy atom. The van der Waals surface area contributed by atoms with Gasteiger partial charge in [0.1, 0.15) is 6.10 Å². The normalized spacial score (nSPS) is 18.5. The average molecular weight is 282 g/mol. The third kappa shape index (κ3) is 3.05. The Hall–Kier alpha value is -2.36. The molecule has 1 amide bonds. The van der Waals surface area contributed by atoms with E-state index in [9.17, 15) is 4.79 Å². The molecule has 1 saturated heterocycles. The molecular formula is C17H18N2O2. The monoisotopic (exact) mass is 282 g/mol. The van der Waals surface area contributed by atoms with Crippen molar-refractivity contribution >= 4 is 16.8 Å². The molecule has 1 aromatic carbocycles. The Morgan fingerprint density at radius 3 is 3.05 bits per heavy atom. The molecule has 1 aromatic heterocycles. The van der Waals surface area contributed by atoms with Crippen molar-refractivity contribution in [2.75, 3.05) is 13.1 Å². The van der Waals surface area contributed by atoms with Crippen molar-refractivity contribution in [3.63, 3.8) is 0 Å². The lowest BCUT2D eigenvalue weighted by atomic mass is 10.2. The Labute approximate surface area is 124 Å². The van der Waals surface area contributed by atoms with Crippen LogP contribution >= 0.6 is 0 Å². The number of carbonyl (C=O) groups is 1. The number of pyridine rings is 1. The highest BCUT2D eigenvalue weighted by Gasteiger charge is 2.26. The smallest absolute Gasteiger partial charge is 0.246 e. The first-order valence-corrected chi connectivity index (χ1v) is 7.20. The summed E-state index contributed by atoms with van der Waals surface area (Å²) in [6.07, 6.45) is 4.23. The molecule has 108 valence electrons. The average Bonchev–Trinajstić information content (AvgIpc) is 2.96. The number of likely N-dealkylation sites (tertiary alicyclic amines) is 1. The number of ether oxygens (including phenoxy) is 1. The number of hydrogen-bond acceptors (Lipinski definition) is 3. The van der Waals surface area contributed by atoms with Crippen LogP contribution in [0, 0.1) is 0 Å². The lowest BCUT2D eigenvalue weighted by Gasteiger charge is -2.15. The van der Waals surface area contributed by atoms with Crippen LogP contribution in [0.2, 0.25) is 0 Å². The third-order valence-electron chi connectivity index (χ3n) is 3.63. The summed E-state index contributed by atoms with van der Waals surface area (Å²) in [5, 5.41) is 1.10. The SMILES string of the molecule is C/C=C/C(=O)N1CC[C@H](Oc2ccc3ccccc3n2)C1. The van der Waals surface area contributed by atoms with Crippen LogP contribution in [0.1, 0.15) is 13.3 Å². The summed E-state index contributed by atoms with van der Waals surface area (Å²) in [5.74, 6) is 0.675. The molecule has 1 fully saturated rings. The van der Waals surface area contributed by atoms with Gasteiger partial charge in [-0.2, -0.15) is 0 Å². The maximum Gasteiger partial charge on any atom is 0.246 e. The van der Waals surface area contributed by atoms with Gasteiger partial charge in [0.25, 0.3) is 0 Å². The van der Waals surface area contributed by atoms with E-state index < -0.39 is 0 Å². The number of nitrogens with zero attached hydrogens (tertiary/aromatic N) is 2. The molecule has 0 unspecified atom stereocenters. The number of para-hydroxylation sites is 1. The molecule has 3 rings (SSSR count). The van der Waals surface area contributed by atoms with Crippen LogP contribution in [0.25, 0.3) is 10.9 Å². The van der Waals surface area contributed by atoms with Gasteiger partial charge in [-0.15, -0.1) is 0 Å². The zero-order valence-electron chi connectivity index (χ0n) is 12.0. The molecule has 4 nitrogen and oxygen atoms in total. The number of hydrogen-bond donors (Lipinski definition) is 0. The van der Waals surface area contributed by atoms with Gasteiger partial charge in [-0.1, -0.05) is 24.3 Å². The first kappa shape index (κ1) is 13.6. The minimum absolute atomic E-state index is 0.0212. The summed E-state index contributed by atoms with van der Waals surface area (Å²) in [6.45, 7) is 3.21. The summed E-state index contributed by atoms with van der Waals surface area (Å²) >= 11 is 0. The molecule has 4 heteroatoms. The van der Waals surface area contributed by atoms with Crippen molar-refractivity contribution in [2.24, 2.45) is 0 Å². The summed E-state index contributed by atoms with van der Waals surface area (Å²) in [5.41, 5.74) is 0.926. The number of fused-ring (bicyclic) bond motifs is 1. The van der Waals surface area contributed by atoms with E-state index in [2.05, 4.69) is 4.98 Å². The highest BCUT2D eigenvalue weighted by atomic mass is 16.5. The van der Waals surface area contributed by atoms with Gasteiger partial charge in [0.2, 0.25) is 11.8 Å². The van der Waals surface area contributed by atoms with Gasteiger partial charge >= 0.3 is 0 Å². The third-order valence-corrected chi connectivity index (χ3v) is 3.63. The Bertz CT molecular complexity index is 681. The second-order valence-electron chi connectivity index (χ2n) is 5.15. The second kappa shape index (κ2) is 5.95. The van der Waals surface area contributed by atoms with E-state index in [-0.39, 0.29) is 12.0 Å². The molecule has 1 aliphatic heterocycles. The minimum atomic E-state index is 0.0212. The van der Waals surface area contributed by atoms with Crippen LogP contribution < -0.4 is 4.74 Å². The minimum Gasteiger partial charge on any atom is -0.472 e. The number of allylic oxidation sites excluding steroid dienone is 1. The van der Waals surface area contributed by atoms with Gasteiger partial charge in [0.05, 0.1) is 12.1 Å². The lowest BCUT2D eigenvalue weighted by molar-refractivity contribution is -0.125. The molecule has 0 spiro atoms. The van der Waals surface area contributed by atoms with Crippen LogP contribution in [0.5, 0.6) is 5.88 Å². The number of benzene rings is 1. The molecule has 0 radical (unpaired) electrons. The van der Waals surface area contributed by atoms with Crippen molar-refractivity contribution < 1.29 is 9.53 Å². The van der Waals surface area contributed by atoms with E-state index >= 15 is 0 Å². The molecule has 1 aliphatic rings. The van der Waals surface area contributed by atoms with Gasteiger partial charge in [-0.05, 0) is 25.1 Å².